The highest BCUT2D eigenvalue weighted by molar-refractivity contribution is 5.74. The lowest BCUT2D eigenvalue weighted by Gasteiger charge is -2.32. The molecular weight excluding hydrogens is 290 g/mol. The van der Waals surface area contributed by atoms with E-state index >= 15 is 0 Å². The molecule has 1 rings (SSSR count). The second-order valence-electron chi connectivity index (χ2n) is 7.26. The molecule has 0 fully saturated rings. The van der Waals surface area contributed by atoms with Crippen molar-refractivity contribution in [2.75, 3.05) is 20.6 Å². The Bertz CT molecular complexity index is 495. The lowest BCUT2D eigenvalue weighted by atomic mass is 9.84. The van der Waals surface area contributed by atoms with Crippen molar-refractivity contribution in [3.63, 3.8) is 0 Å². The molecule has 0 aliphatic carbocycles. The van der Waals surface area contributed by atoms with Gasteiger partial charge in [-0.15, -0.1) is 0 Å². The van der Waals surface area contributed by atoms with Crippen LogP contribution in [0.4, 0.5) is 4.79 Å². The molecule has 2 amide bonds. The Morgan fingerprint density at radius 2 is 1.83 bits per heavy atom. The van der Waals surface area contributed by atoms with Crippen LogP contribution in [0.2, 0.25) is 0 Å². The van der Waals surface area contributed by atoms with Gasteiger partial charge in [-0.05, 0) is 43.6 Å². The zero-order valence-electron chi connectivity index (χ0n) is 15.0. The van der Waals surface area contributed by atoms with Gasteiger partial charge in [0, 0.05) is 12.6 Å². The van der Waals surface area contributed by atoms with Crippen LogP contribution in [0.5, 0.6) is 0 Å². The molecule has 0 aliphatic rings. The highest BCUT2D eigenvalue weighted by atomic mass is 16.3. The number of urea groups is 1. The van der Waals surface area contributed by atoms with E-state index in [4.69, 9.17) is 0 Å². The number of rotatable bonds is 7. The first-order valence-electron chi connectivity index (χ1n) is 8.10. The number of nitrogens with one attached hydrogen (secondary N) is 2. The molecule has 1 unspecified atom stereocenters. The van der Waals surface area contributed by atoms with Crippen molar-refractivity contribution in [3.8, 4) is 0 Å². The summed E-state index contributed by atoms with van der Waals surface area (Å²) in [6, 6.07) is 7.49. The molecule has 5 heteroatoms. The fourth-order valence-electron chi connectivity index (χ4n) is 2.38. The van der Waals surface area contributed by atoms with Crippen molar-refractivity contribution in [1.82, 2.24) is 15.5 Å². The maximum absolute atomic E-state index is 12.2. The maximum atomic E-state index is 12.2. The second-order valence-corrected chi connectivity index (χ2v) is 7.26. The monoisotopic (exact) mass is 321 g/mol. The summed E-state index contributed by atoms with van der Waals surface area (Å²) in [7, 11) is 4.07. The average molecular weight is 321 g/mol. The fraction of sp³-hybridized carbons (Fsp3) is 0.611. The molecule has 0 saturated heterocycles. The van der Waals surface area contributed by atoms with E-state index in [-0.39, 0.29) is 24.1 Å². The summed E-state index contributed by atoms with van der Waals surface area (Å²) in [5.41, 5.74) is 1.77. The fourth-order valence-corrected chi connectivity index (χ4v) is 2.38. The van der Waals surface area contributed by atoms with Gasteiger partial charge >= 0.3 is 6.03 Å². The molecular formula is C18H31N3O2. The Morgan fingerprint density at radius 3 is 2.35 bits per heavy atom. The quantitative estimate of drug-likeness (QED) is 0.722. The minimum absolute atomic E-state index is 0.00362. The van der Waals surface area contributed by atoms with Crippen LogP contribution in [0.1, 0.15) is 38.3 Å². The van der Waals surface area contributed by atoms with E-state index < -0.39 is 0 Å². The molecule has 1 aromatic rings. The predicted octanol–water partition coefficient (Wildman–Crippen LogP) is 2.34. The Hall–Kier alpha value is -1.59. The van der Waals surface area contributed by atoms with Gasteiger partial charge in [0.15, 0.2) is 0 Å². The number of aliphatic hydroxyl groups is 1. The van der Waals surface area contributed by atoms with E-state index in [1.807, 2.05) is 38.4 Å². The van der Waals surface area contributed by atoms with Crippen molar-refractivity contribution in [3.05, 3.63) is 35.4 Å². The zero-order chi connectivity index (χ0) is 17.5. The lowest BCUT2D eigenvalue weighted by Crippen LogP contribution is -2.48. The SMILES string of the molecule is CN(C)CCC(NC(=O)NCc1ccccc1CO)C(C)(C)C. The van der Waals surface area contributed by atoms with E-state index in [1.54, 1.807) is 0 Å². The Labute approximate surface area is 140 Å². The van der Waals surface area contributed by atoms with Crippen LogP contribution in [0.3, 0.4) is 0 Å². The number of hydrogen-bond donors (Lipinski definition) is 3. The second kappa shape index (κ2) is 8.89. The van der Waals surface area contributed by atoms with Gasteiger partial charge in [0.2, 0.25) is 0 Å². The van der Waals surface area contributed by atoms with Crippen molar-refractivity contribution >= 4 is 6.03 Å². The molecule has 0 spiro atoms. The lowest BCUT2D eigenvalue weighted by molar-refractivity contribution is 0.206. The molecule has 0 saturated carbocycles. The van der Waals surface area contributed by atoms with Crippen molar-refractivity contribution in [2.45, 2.75) is 46.4 Å². The number of carbonyl (C=O) groups excluding carboxylic acids is 1. The Morgan fingerprint density at radius 1 is 1.22 bits per heavy atom. The van der Waals surface area contributed by atoms with Crippen LogP contribution in [0.15, 0.2) is 24.3 Å². The molecule has 23 heavy (non-hydrogen) atoms. The molecule has 3 N–H and O–H groups in total. The molecule has 0 radical (unpaired) electrons. The smallest absolute Gasteiger partial charge is 0.315 e. The van der Waals surface area contributed by atoms with Crippen LogP contribution in [-0.2, 0) is 13.2 Å². The Balaban J connectivity index is 2.58. The minimum atomic E-state index is -0.170. The highest BCUT2D eigenvalue weighted by Gasteiger charge is 2.26. The molecule has 0 bridgehead atoms. The predicted molar refractivity (Wildman–Crippen MR) is 94.2 cm³/mol. The minimum Gasteiger partial charge on any atom is -0.392 e. The molecule has 0 aliphatic heterocycles. The molecule has 1 aromatic carbocycles. The van der Waals surface area contributed by atoms with Gasteiger partial charge in [0.25, 0.3) is 0 Å². The Kier molecular flexibility index (Phi) is 7.52. The molecule has 5 nitrogen and oxygen atoms in total. The standard InChI is InChI=1S/C18H31N3O2/c1-18(2,3)16(10-11-21(4)5)20-17(23)19-12-14-8-6-7-9-15(14)13-22/h6-9,16,22H,10-13H2,1-5H3,(H2,19,20,23). The summed E-state index contributed by atoms with van der Waals surface area (Å²) < 4.78 is 0. The van der Waals surface area contributed by atoms with Crippen LogP contribution in [-0.4, -0.2) is 42.7 Å². The summed E-state index contributed by atoms with van der Waals surface area (Å²) >= 11 is 0. The zero-order valence-corrected chi connectivity index (χ0v) is 15.0. The van der Waals surface area contributed by atoms with Crippen molar-refractivity contribution in [1.29, 1.82) is 0 Å². The third kappa shape index (κ3) is 7.01. The van der Waals surface area contributed by atoms with Gasteiger partial charge in [0.05, 0.1) is 6.61 Å². The average Bonchev–Trinajstić information content (AvgIpc) is 2.48. The first-order chi connectivity index (χ1) is 10.7. The van der Waals surface area contributed by atoms with Gasteiger partial charge in [-0.3, -0.25) is 0 Å². The molecule has 0 heterocycles. The van der Waals surface area contributed by atoms with Gasteiger partial charge in [-0.2, -0.15) is 0 Å². The first kappa shape index (κ1) is 19.5. The van der Waals surface area contributed by atoms with E-state index in [1.165, 1.54) is 0 Å². The first-order valence-corrected chi connectivity index (χ1v) is 8.10. The largest absolute Gasteiger partial charge is 0.392 e. The van der Waals surface area contributed by atoms with Crippen LogP contribution in [0, 0.1) is 5.41 Å². The molecule has 130 valence electrons. The van der Waals surface area contributed by atoms with E-state index in [0.717, 1.165) is 24.1 Å². The number of hydrogen-bond acceptors (Lipinski definition) is 3. The number of aliphatic hydroxyl groups excluding tert-OH is 1. The maximum Gasteiger partial charge on any atom is 0.315 e. The summed E-state index contributed by atoms with van der Waals surface area (Å²) in [6.45, 7) is 7.72. The van der Waals surface area contributed by atoms with Crippen LogP contribution in [0.25, 0.3) is 0 Å². The summed E-state index contributed by atoms with van der Waals surface area (Å²) in [5, 5.41) is 15.3. The van der Waals surface area contributed by atoms with Crippen molar-refractivity contribution in [2.24, 2.45) is 5.41 Å². The number of nitrogens with zero attached hydrogens (tertiary/aromatic N) is 1. The van der Waals surface area contributed by atoms with Gasteiger partial charge in [-0.1, -0.05) is 45.0 Å². The third-order valence-electron chi connectivity index (χ3n) is 3.94. The van der Waals surface area contributed by atoms with E-state index in [0.29, 0.717) is 6.54 Å². The highest BCUT2D eigenvalue weighted by Crippen LogP contribution is 2.22. The summed E-state index contributed by atoms with van der Waals surface area (Å²) in [4.78, 5) is 14.3. The van der Waals surface area contributed by atoms with Gasteiger partial charge in [0.1, 0.15) is 0 Å². The van der Waals surface area contributed by atoms with Gasteiger partial charge < -0.3 is 20.6 Å². The van der Waals surface area contributed by atoms with Crippen molar-refractivity contribution < 1.29 is 9.90 Å². The summed E-state index contributed by atoms with van der Waals surface area (Å²) in [6.07, 6.45) is 0.900. The number of carbonyl (C=O) groups is 1. The van der Waals surface area contributed by atoms with E-state index in [2.05, 4.69) is 36.3 Å². The number of amides is 2. The van der Waals surface area contributed by atoms with Gasteiger partial charge in [-0.25, -0.2) is 4.79 Å². The van der Waals surface area contributed by atoms with Crippen LogP contribution >= 0.6 is 0 Å². The normalized spacial score (nSPS) is 13.0. The van der Waals surface area contributed by atoms with Crippen LogP contribution < -0.4 is 10.6 Å². The molecule has 1 atom stereocenters. The molecule has 0 aromatic heterocycles. The topological polar surface area (TPSA) is 64.6 Å². The number of benzene rings is 1. The van der Waals surface area contributed by atoms with E-state index in [9.17, 15) is 9.90 Å². The third-order valence-corrected chi connectivity index (χ3v) is 3.94. The summed E-state index contributed by atoms with van der Waals surface area (Å²) in [5.74, 6) is 0.